The summed E-state index contributed by atoms with van der Waals surface area (Å²) in [7, 11) is 0. The molecule has 0 heterocycles. The number of hydrogen-bond acceptors (Lipinski definition) is 4. The number of phenolic OH excluding ortho intramolecular Hbond substituents is 1. The number of ether oxygens (including phenoxy) is 1. The molecular formula is C15H24N2O3. The van der Waals surface area contributed by atoms with E-state index in [0.717, 1.165) is 5.56 Å². The van der Waals surface area contributed by atoms with Gasteiger partial charge in [-0.05, 0) is 38.5 Å². The van der Waals surface area contributed by atoms with Crippen molar-refractivity contribution in [2.75, 3.05) is 13.2 Å². The number of carbonyl (C=O) groups is 1. The zero-order valence-electron chi connectivity index (χ0n) is 12.4. The highest BCUT2D eigenvalue weighted by Crippen LogP contribution is 2.26. The highest BCUT2D eigenvalue weighted by molar-refractivity contribution is 5.76. The van der Waals surface area contributed by atoms with Crippen molar-refractivity contribution in [1.82, 2.24) is 10.6 Å². The Balaban J connectivity index is 2.35. The monoisotopic (exact) mass is 280 g/mol. The standard InChI is InChI=1S/C15H24N2O3/c1-4-20-14-9-12(5-6-13(14)18)10-16-8-7-15(19)17-11(2)3/h5-6,9,11,16,18H,4,7-8,10H2,1-3H3,(H,17,19). The fourth-order valence-electron chi connectivity index (χ4n) is 1.77. The molecule has 3 N–H and O–H groups in total. The van der Waals surface area contributed by atoms with Crippen LogP contribution in [0.25, 0.3) is 0 Å². The summed E-state index contributed by atoms with van der Waals surface area (Å²) < 4.78 is 5.32. The first-order chi connectivity index (χ1) is 9.52. The lowest BCUT2D eigenvalue weighted by Crippen LogP contribution is -2.32. The molecule has 112 valence electrons. The lowest BCUT2D eigenvalue weighted by atomic mass is 10.2. The molecule has 0 saturated heterocycles. The molecule has 20 heavy (non-hydrogen) atoms. The molecule has 0 fully saturated rings. The van der Waals surface area contributed by atoms with Crippen molar-refractivity contribution in [1.29, 1.82) is 0 Å². The first-order valence-corrected chi connectivity index (χ1v) is 6.97. The van der Waals surface area contributed by atoms with Gasteiger partial charge in [-0.25, -0.2) is 0 Å². The van der Waals surface area contributed by atoms with Gasteiger partial charge in [0.1, 0.15) is 0 Å². The van der Waals surface area contributed by atoms with Gasteiger partial charge >= 0.3 is 0 Å². The van der Waals surface area contributed by atoms with Crippen molar-refractivity contribution < 1.29 is 14.6 Å². The first kappa shape index (κ1) is 16.3. The third-order valence-corrected chi connectivity index (χ3v) is 2.63. The largest absolute Gasteiger partial charge is 0.504 e. The topological polar surface area (TPSA) is 70.6 Å². The number of benzene rings is 1. The van der Waals surface area contributed by atoms with E-state index in [1.54, 1.807) is 12.1 Å². The van der Waals surface area contributed by atoms with Crippen LogP contribution in [0.2, 0.25) is 0 Å². The van der Waals surface area contributed by atoms with E-state index in [1.165, 1.54) is 0 Å². The van der Waals surface area contributed by atoms with Gasteiger partial charge in [0.15, 0.2) is 11.5 Å². The van der Waals surface area contributed by atoms with Crippen LogP contribution in [0.1, 0.15) is 32.8 Å². The summed E-state index contributed by atoms with van der Waals surface area (Å²) in [5.41, 5.74) is 1.01. The van der Waals surface area contributed by atoms with Crippen LogP contribution in [0.3, 0.4) is 0 Å². The van der Waals surface area contributed by atoms with Gasteiger partial charge in [-0.15, -0.1) is 0 Å². The van der Waals surface area contributed by atoms with Crippen LogP contribution in [0, 0.1) is 0 Å². The van der Waals surface area contributed by atoms with Gasteiger partial charge in [-0.3, -0.25) is 4.79 Å². The zero-order valence-corrected chi connectivity index (χ0v) is 12.4. The summed E-state index contributed by atoms with van der Waals surface area (Å²) in [6.07, 6.45) is 0.453. The maximum Gasteiger partial charge on any atom is 0.221 e. The van der Waals surface area contributed by atoms with Gasteiger partial charge < -0.3 is 20.5 Å². The minimum atomic E-state index is 0.0493. The first-order valence-electron chi connectivity index (χ1n) is 6.97. The summed E-state index contributed by atoms with van der Waals surface area (Å²) >= 11 is 0. The smallest absolute Gasteiger partial charge is 0.221 e. The predicted molar refractivity (Wildman–Crippen MR) is 78.9 cm³/mol. The Labute approximate surface area is 120 Å². The Morgan fingerprint density at radius 2 is 2.15 bits per heavy atom. The molecule has 0 atom stereocenters. The molecule has 0 aliphatic heterocycles. The van der Waals surface area contributed by atoms with Gasteiger partial charge in [0.05, 0.1) is 6.61 Å². The lowest BCUT2D eigenvalue weighted by Gasteiger charge is -2.10. The summed E-state index contributed by atoms with van der Waals surface area (Å²) in [5, 5.41) is 15.6. The van der Waals surface area contributed by atoms with Crippen molar-refractivity contribution in [3.05, 3.63) is 23.8 Å². The van der Waals surface area contributed by atoms with E-state index in [4.69, 9.17) is 4.74 Å². The van der Waals surface area contributed by atoms with Gasteiger partial charge in [0, 0.05) is 25.6 Å². The Morgan fingerprint density at radius 3 is 2.80 bits per heavy atom. The normalized spacial score (nSPS) is 10.6. The molecule has 0 aromatic heterocycles. The summed E-state index contributed by atoms with van der Waals surface area (Å²) in [6, 6.07) is 5.43. The maximum atomic E-state index is 11.4. The summed E-state index contributed by atoms with van der Waals surface area (Å²) in [4.78, 5) is 11.4. The second kappa shape index (κ2) is 8.43. The highest BCUT2D eigenvalue weighted by atomic mass is 16.5. The number of hydrogen-bond donors (Lipinski definition) is 3. The SMILES string of the molecule is CCOc1cc(CNCCC(=O)NC(C)C)ccc1O. The summed E-state index contributed by atoms with van der Waals surface area (Å²) in [6.45, 7) is 7.52. The van der Waals surface area contributed by atoms with Crippen LogP contribution in [0.4, 0.5) is 0 Å². The molecular weight excluding hydrogens is 256 g/mol. The fraction of sp³-hybridized carbons (Fsp3) is 0.533. The average Bonchev–Trinajstić information content (AvgIpc) is 2.37. The molecule has 0 saturated carbocycles. The molecule has 1 aromatic rings. The third kappa shape index (κ3) is 5.93. The van der Waals surface area contributed by atoms with Crippen molar-refractivity contribution in [3.63, 3.8) is 0 Å². The van der Waals surface area contributed by atoms with E-state index in [2.05, 4.69) is 10.6 Å². The molecule has 0 aliphatic rings. The van der Waals surface area contributed by atoms with Crippen LogP contribution >= 0.6 is 0 Å². The van der Waals surface area contributed by atoms with Crippen LogP contribution < -0.4 is 15.4 Å². The van der Waals surface area contributed by atoms with E-state index < -0.39 is 0 Å². The molecule has 1 aromatic carbocycles. The Hall–Kier alpha value is -1.75. The second-order valence-electron chi connectivity index (χ2n) is 4.88. The zero-order chi connectivity index (χ0) is 15.0. The molecule has 1 amide bonds. The summed E-state index contributed by atoms with van der Waals surface area (Å²) in [5.74, 6) is 0.685. The number of nitrogens with one attached hydrogen (secondary N) is 2. The minimum absolute atomic E-state index is 0.0493. The fourth-order valence-corrected chi connectivity index (χ4v) is 1.77. The maximum absolute atomic E-state index is 11.4. The molecule has 0 spiro atoms. The van der Waals surface area contributed by atoms with Crippen LogP contribution in [-0.2, 0) is 11.3 Å². The molecule has 5 nitrogen and oxygen atoms in total. The predicted octanol–water partition coefficient (Wildman–Crippen LogP) is 1.80. The van der Waals surface area contributed by atoms with Crippen LogP contribution in [0.5, 0.6) is 11.5 Å². The van der Waals surface area contributed by atoms with Crippen molar-refractivity contribution in [2.24, 2.45) is 0 Å². The molecule has 0 bridgehead atoms. The molecule has 0 unspecified atom stereocenters. The second-order valence-corrected chi connectivity index (χ2v) is 4.88. The van der Waals surface area contributed by atoms with Crippen LogP contribution in [0.15, 0.2) is 18.2 Å². The van der Waals surface area contributed by atoms with E-state index in [-0.39, 0.29) is 17.7 Å². The number of carbonyl (C=O) groups excluding carboxylic acids is 1. The Bertz CT molecular complexity index is 433. The van der Waals surface area contributed by atoms with E-state index in [9.17, 15) is 9.90 Å². The van der Waals surface area contributed by atoms with E-state index >= 15 is 0 Å². The minimum Gasteiger partial charge on any atom is -0.504 e. The van der Waals surface area contributed by atoms with Crippen molar-refractivity contribution >= 4 is 5.91 Å². The van der Waals surface area contributed by atoms with Gasteiger partial charge in [-0.1, -0.05) is 6.07 Å². The molecule has 0 radical (unpaired) electrons. The Kier molecular flexibility index (Phi) is 6.87. The van der Waals surface area contributed by atoms with Gasteiger partial charge in [0.25, 0.3) is 0 Å². The average molecular weight is 280 g/mol. The number of rotatable bonds is 8. The number of aromatic hydroxyl groups is 1. The third-order valence-electron chi connectivity index (χ3n) is 2.63. The van der Waals surface area contributed by atoms with Crippen molar-refractivity contribution in [2.45, 2.75) is 39.8 Å². The highest BCUT2D eigenvalue weighted by Gasteiger charge is 2.05. The lowest BCUT2D eigenvalue weighted by molar-refractivity contribution is -0.121. The van der Waals surface area contributed by atoms with Crippen molar-refractivity contribution in [3.8, 4) is 11.5 Å². The Morgan fingerprint density at radius 1 is 1.40 bits per heavy atom. The molecule has 0 aliphatic carbocycles. The number of phenols is 1. The van der Waals surface area contributed by atoms with E-state index in [1.807, 2.05) is 26.8 Å². The van der Waals surface area contributed by atoms with Crippen LogP contribution in [-0.4, -0.2) is 30.2 Å². The van der Waals surface area contributed by atoms with Gasteiger partial charge in [-0.2, -0.15) is 0 Å². The molecule has 1 rings (SSSR count). The van der Waals surface area contributed by atoms with E-state index in [0.29, 0.717) is 31.9 Å². The molecule has 5 heteroatoms. The van der Waals surface area contributed by atoms with Gasteiger partial charge in [0.2, 0.25) is 5.91 Å². The quantitative estimate of drug-likeness (QED) is 0.635. The number of amides is 1.